The molecule has 2 N–H and O–H groups in total. The molecule has 20 heavy (non-hydrogen) atoms. The summed E-state index contributed by atoms with van der Waals surface area (Å²) < 4.78 is 5.73. The highest BCUT2D eigenvalue weighted by atomic mass is 32.1. The van der Waals surface area contributed by atoms with Crippen molar-refractivity contribution in [3.05, 3.63) is 18.3 Å². The van der Waals surface area contributed by atoms with Crippen molar-refractivity contribution < 1.29 is 4.74 Å². The fraction of sp³-hybridized carbons (Fsp3) is 0.571. The molecule has 2 atom stereocenters. The van der Waals surface area contributed by atoms with E-state index in [4.69, 9.17) is 17.0 Å². The van der Waals surface area contributed by atoms with E-state index >= 15 is 0 Å². The molecule has 0 bridgehead atoms. The van der Waals surface area contributed by atoms with Crippen molar-refractivity contribution in [2.24, 2.45) is 0 Å². The van der Waals surface area contributed by atoms with Gasteiger partial charge in [-0.3, -0.25) is 0 Å². The topological polar surface area (TPSA) is 49.4 Å². The molecule has 1 aliphatic rings. The average molecular weight is 294 g/mol. The highest BCUT2D eigenvalue weighted by Gasteiger charge is 2.22. The molecule has 0 aliphatic carbocycles. The van der Waals surface area contributed by atoms with Crippen LogP contribution < -0.4 is 15.5 Å². The molecule has 1 aliphatic heterocycles. The fourth-order valence-corrected chi connectivity index (χ4v) is 2.61. The van der Waals surface area contributed by atoms with Crippen LogP contribution in [0.4, 0.5) is 11.5 Å². The SMILES string of the molecule is CCNC(=S)Nc1ccc(N2C[C@H](C)O[C@@H](C)C2)nc1. The lowest BCUT2D eigenvalue weighted by Crippen LogP contribution is -2.45. The number of rotatable bonds is 3. The first kappa shape index (κ1) is 15.0. The van der Waals surface area contributed by atoms with E-state index in [2.05, 4.69) is 34.4 Å². The third-order valence-corrected chi connectivity index (χ3v) is 3.33. The minimum Gasteiger partial charge on any atom is -0.372 e. The Hall–Kier alpha value is -1.40. The summed E-state index contributed by atoms with van der Waals surface area (Å²) in [6.07, 6.45) is 2.28. The van der Waals surface area contributed by atoms with E-state index in [1.54, 1.807) is 0 Å². The van der Waals surface area contributed by atoms with Crippen LogP contribution in [0.15, 0.2) is 18.3 Å². The first-order chi connectivity index (χ1) is 9.58. The number of aromatic nitrogens is 1. The zero-order chi connectivity index (χ0) is 14.5. The van der Waals surface area contributed by atoms with E-state index < -0.39 is 0 Å². The van der Waals surface area contributed by atoms with Gasteiger partial charge in [-0.1, -0.05) is 0 Å². The van der Waals surface area contributed by atoms with Gasteiger partial charge in [0.1, 0.15) is 5.82 Å². The smallest absolute Gasteiger partial charge is 0.170 e. The average Bonchev–Trinajstić information content (AvgIpc) is 2.38. The third kappa shape index (κ3) is 4.05. The van der Waals surface area contributed by atoms with Gasteiger partial charge in [0.2, 0.25) is 0 Å². The Labute approximate surface area is 125 Å². The third-order valence-electron chi connectivity index (χ3n) is 3.09. The molecule has 1 fully saturated rings. The molecule has 5 nitrogen and oxygen atoms in total. The predicted octanol–water partition coefficient (Wildman–Crippen LogP) is 2.00. The molecule has 0 spiro atoms. The Kier molecular flexibility index (Phi) is 5.14. The molecule has 1 aromatic rings. The Morgan fingerprint density at radius 1 is 1.40 bits per heavy atom. The number of hydrogen-bond acceptors (Lipinski definition) is 4. The van der Waals surface area contributed by atoms with Gasteiger partial charge in [-0.05, 0) is 45.1 Å². The van der Waals surface area contributed by atoms with Crippen molar-refractivity contribution in [3.63, 3.8) is 0 Å². The number of pyridine rings is 1. The summed E-state index contributed by atoms with van der Waals surface area (Å²) in [5.41, 5.74) is 0.897. The van der Waals surface area contributed by atoms with Gasteiger partial charge in [0.15, 0.2) is 5.11 Å². The highest BCUT2D eigenvalue weighted by Crippen LogP contribution is 2.19. The summed E-state index contributed by atoms with van der Waals surface area (Å²) in [6.45, 7) is 8.75. The first-order valence-electron chi connectivity index (χ1n) is 6.99. The number of anilines is 2. The standard InChI is InChI=1S/C14H22N4OS/c1-4-15-14(20)17-12-5-6-13(16-7-12)18-8-10(2)19-11(3)9-18/h5-7,10-11H,4,8-9H2,1-3H3,(H2,15,17,20)/t10-,11-/m0/s1. The van der Waals surface area contributed by atoms with Crippen molar-refractivity contribution in [2.45, 2.75) is 33.0 Å². The summed E-state index contributed by atoms with van der Waals surface area (Å²) in [5.74, 6) is 0.979. The van der Waals surface area contributed by atoms with E-state index in [-0.39, 0.29) is 12.2 Å². The molecule has 1 saturated heterocycles. The minimum absolute atomic E-state index is 0.236. The van der Waals surface area contributed by atoms with Crippen LogP contribution in [0, 0.1) is 0 Å². The number of morpholine rings is 1. The lowest BCUT2D eigenvalue weighted by Gasteiger charge is -2.36. The Bertz CT molecular complexity index is 441. The number of nitrogens with one attached hydrogen (secondary N) is 2. The molecule has 2 rings (SSSR count). The van der Waals surface area contributed by atoms with Crippen LogP contribution in [0.2, 0.25) is 0 Å². The van der Waals surface area contributed by atoms with Crippen LogP contribution >= 0.6 is 12.2 Å². The van der Waals surface area contributed by atoms with E-state index in [1.165, 1.54) is 0 Å². The zero-order valence-electron chi connectivity index (χ0n) is 12.2. The monoisotopic (exact) mass is 294 g/mol. The molecular formula is C14H22N4OS. The molecule has 0 radical (unpaired) electrons. The van der Waals surface area contributed by atoms with E-state index in [0.717, 1.165) is 31.1 Å². The van der Waals surface area contributed by atoms with Gasteiger partial charge in [-0.2, -0.15) is 0 Å². The molecular weight excluding hydrogens is 272 g/mol. The van der Waals surface area contributed by atoms with Crippen LogP contribution in [0.3, 0.4) is 0 Å². The van der Waals surface area contributed by atoms with Crippen LogP contribution in [0.5, 0.6) is 0 Å². The van der Waals surface area contributed by atoms with Gasteiger partial charge in [-0.15, -0.1) is 0 Å². The first-order valence-corrected chi connectivity index (χ1v) is 7.40. The van der Waals surface area contributed by atoms with Gasteiger partial charge in [0, 0.05) is 19.6 Å². The second kappa shape index (κ2) is 6.85. The second-order valence-corrected chi connectivity index (χ2v) is 5.46. The molecule has 0 amide bonds. The molecule has 0 saturated carbocycles. The van der Waals surface area contributed by atoms with E-state index in [9.17, 15) is 0 Å². The number of hydrogen-bond donors (Lipinski definition) is 2. The van der Waals surface area contributed by atoms with Crippen molar-refractivity contribution >= 4 is 28.8 Å². The normalized spacial score (nSPS) is 22.4. The summed E-state index contributed by atoms with van der Waals surface area (Å²) in [7, 11) is 0. The molecule has 0 aromatic carbocycles. The molecule has 6 heteroatoms. The Morgan fingerprint density at radius 2 is 2.10 bits per heavy atom. The largest absolute Gasteiger partial charge is 0.372 e. The van der Waals surface area contributed by atoms with Crippen LogP contribution in [-0.2, 0) is 4.74 Å². The molecule has 2 heterocycles. The van der Waals surface area contributed by atoms with Crippen LogP contribution in [0.1, 0.15) is 20.8 Å². The molecule has 0 unspecified atom stereocenters. The summed E-state index contributed by atoms with van der Waals surface area (Å²) >= 11 is 5.15. The second-order valence-electron chi connectivity index (χ2n) is 5.05. The minimum atomic E-state index is 0.236. The summed E-state index contributed by atoms with van der Waals surface area (Å²) in [4.78, 5) is 6.76. The highest BCUT2D eigenvalue weighted by molar-refractivity contribution is 7.80. The zero-order valence-corrected chi connectivity index (χ0v) is 13.0. The summed E-state index contributed by atoms with van der Waals surface area (Å²) in [5, 5.41) is 6.78. The lowest BCUT2D eigenvalue weighted by molar-refractivity contribution is -0.00545. The lowest BCUT2D eigenvalue weighted by atomic mass is 10.2. The van der Waals surface area contributed by atoms with Gasteiger partial charge in [0.25, 0.3) is 0 Å². The van der Waals surface area contributed by atoms with Gasteiger partial charge < -0.3 is 20.3 Å². The summed E-state index contributed by atoms with van der Waals surface area (Å²) in [6, 6.07) is 4.01. The maximum absolute atomic E-state index is 5.73. The van der Waals surface area contributed by atoms with Gasteiger partial charge in [0.05, 0.1) is 24.1 Å². The predicted molar refractivity (Wildman–Crippen MR) is 86.4 cm³/mol. The van der Waals surface area contributed by atoms with Gasteiger partial charge >= 0.3 is 0 Å². The quantitative estimate of drug-likeness (QED) is 0.832. The number of ether oxygens (including phenoxy) is 1. The van der Waals surface area contributed by atoms with E-state index in [0.29, 0.717) is 5.11 Å². The molecule has 110 valence electrons. The van der Waals surface area contributed by atoms with Gasteiger partial charge in [-0.25, -0.2) is 4.98 Å². The fourth-order valence-electron chi connectivity index (χ4n) is 2.35. The van der Waals surface area contributed by atoms with Crippen molar-refractivity contribution in [1.82, 2.24) is 10.3 Å². The molecule has 1 aromatic heterocycles. The van der Waals surface area contributed by atoms with Crippen molar-refractivity contribution in [3.8, 4) is 0 Å². The van der Waals surface area contributed by atoms with Crippen LogP contribution in [0.25, 0.3) is 0 Å². The number of nitrogens with zero attached hydrogens (tertiary/aromatic N) is 2. The van der Waals surface area contributed by atoms with E-state index in [1.807, 2.05) is 25.3 Å². The maximum Gasteiger partial charge on any atom is 0.170 e. The number of thiocarbonyl (C=S) groups is 1. The van der Waals surface area contributed by atoms with Crippen LogP contribution in [-0.4, -0.2) is 41.9 Å². The van der Waals surface area contributed by atoms with Crippen molar-refractivity contribution in [2.75, 3.05) is 29.9 Å². The Morgan fingerprint density at radius 3 is 2.65 bits per heavy atom. The van der Waals surface area contributed by atoms with Crippen molar-refractivity contribution in [1.29, 1.82) is 0 Å². The Balaban J connectivity index is 1.99. The maximum atomic E-state index is 5.73.